The molecule has 1 aromatic rings. The molecule has 1 aromatic carbocycles. The van der Waals surface area contributed by atoms with Crippen molar-refractivity contribution in [3.05, 3.63) is 24.3 Å². The van der Waals surface area contributed by atoms with E-state index in [1.54, 1.807) is 24.0 Å². The number of aliphatic hydroxyl groups is 1. The molecule has 2 atom stereocenters. The van der Waals surface area contributed by atoms with E-state index in [0.717, 1.165) is 13.0 Å². The van der Waals surface area contributed by atoms with Gasteiger partial charge in [-0.3, -0.25) is 4.79 Å². The molecule has 2 unspecified atom stereocenters. The van der Waals surface area contributed by atoms with Crippen LogP contribution in [0.2, 0.25) is 0 Å². The Morgan fingerprint density at radius 1 is 1.55 bits per heavy atom. The monoisotopic (exact) mass is 278 g/mol. The van der Waals surface area contributed by atoms with Crippen molar-refractivity contribution in [3.8, 4) is 5.75 Å². The minimum atomic E-state index is -0.354. The minimum absolute atomic E-state index is 0.0719. The number of anilines is 1. The highest BCUT2D eigenvalue weighted by Gasteiger charge is 2.28. The van der Waals surface area contributed by atoms with Crippen LogP contribution < -0.4 is 10.5 Å². The van der Waals surface area contributed by atoms with Gasteiger partial charge in [-0.15, -0.1) is 0 Å². The van der Waals surface area contributed by atoms with Gasteiger partial charge in [0, 0.05) is 19.0 Å². The summed E-state index contributed by atoms with van der Waals surface area (Å²) in [6, 6.07) is 7.25. The number of rotatable bonds is 5. The quantitative estimate of drug-likeness (QED) is 0.795. The van der Waals surface area contributed by atoms with Gasteiger partial charge in [-0.1, -0.05) is 12.1 Å². The average molecular weight is 278 g/mol. The Balaban J connectivity index is 1.75. The molecule has 0 spiro atoms. The molecular weight excluding hydrogens is 256 g/mol. The molecule has 2 rings (SSSR count). The Morgan fingerprint density at radius 2 is 2.30 bits per heavy atom. The van der Waals surface area contributed by atoms with Gasteiger partial charge in [0.15, 0.2) is 0 Å². The van der Waals surface area contributed by atoms with Crippen LogP contribution in [0.15, 0.2) is 24.3 Å². The lowest BCUT2D eigenvalue weighted by Crippen LogP contribution is -2.31. The number of nitrogens with zero attached hydrogens (tertiary/aromatic N) is 1. The van der Waals surface area contributed by atoms with E-state index in [-0.39, 0.29) is 17.9 Å². The molecule has 1 saturated heterocycles. The van der Waals surface area contributed by atoms with Gasteiger partial charge in [-0.25, -0.2) is 0 Å². The molecule has 1 heterocycles. The Hall–Kier alpha value is -1.75. The molecule has 0 radical (unpaired) electrons. The van der Waals surface area contributed by atoms with Crippen LogP contribution in [0, 0.1) is 5.92 Å². The maximum Gasteiger partial charge on any atom is 0.226 e. The maximum atomic E-state index is 12.0. The summed E-state index contributed by atoms with van der Waals surface area (Å²) in [5.41, 5.74) is 6.34. The van der Waals surface area contributed by atoms with E-state index in [4.69, 9.17) is 10.5 Å². The number of aliphatic hydroxyl groups excluding tert-OH is 1. The molecule has 5 nitrogen and oxygen atoms in total. The smallest absolute Gasteiger partial charge is 0.226 e. The van der Waals surface area contributed by atoms with Crippen molar-refractivity contribution in [2.45, 2.75) is 25.9 Å². The summed E-state index contributed by atoms with van der Waals surface area (Å²) in [7, 11) is 0. The van der Waals surface area contributed by atoms with Crippen molar-refractivity contribution < 1.29 is 14.6 Å². The molecule has 1 aliphatic rings. The SMILES string of the molecule is CC(O)C1CCN(C(=O)CCOc2ccccc2N)C1. The Labute approximate surface area is 119 Å². The van der Waals surface area contributed by atoms with Gasteiger partial charge in [0.05, 0.1) is 24.8 Å². The molecule has 3 N–H and O–H groups in total. The molecular formula is C15H22N2O3. The molecule has 0 bridgehead atoms. The molecule has 0 aromatic heterocycles. The predicted molar refractivity (Wildman–Crippen MR) is 77.3 cm³/mol. The van der Waals surface area contributed by atoms with Crippen molar-refractivity contribution in [1.29, 1.82) is 0 Å². The number of carbonyl (C=O) groups excluding carboxylic acids is 1. The van der Waals surface area contributed by atoms with Crippen molar-refractivity contribution in [1.82, 2.24) is 4.90 Å². The van der Waals surface area contributed by atoms with Gasteiger partial charge in [-0.05, 0) is 25.5 Å². The normalized spacial score (nSPS) is 19.9. The van der Waals surface area contributed by atoms with E-state index >= 15 is 0 Å². The highest BCUT2D eigenvalue weighted by Crippen LogP contribution is 2.22. The molecule has 1 amide bonds. The summed E-state index contributed by atoms with van der Waals surface area (Å²) >= 11 is 0. The minimum Gasteiger partial charge on any atom is -0.491 e. The van der Waals surface area contributed by atoms with Crippen LogP contribution >= 0.6 is 0 Å². The Kier molecular flexibility index (Phi) is 4.84. The van der Waals surface area contributed by atoms with Gasteiger partial charge in [0.1, 0.15) is 5.75 Å². The number of nitrogen functional groups attached to an aromatic ring is 1. The summed E-state index contributed by atoms with van der Waals surface area (Å²) in [5, 5.41) is 9.53. The summed E-state index contributed by atoms with van der Waals surface area (Å²) < 4.78 is 5.52. The number of likely N-dealkylation sites (tertiary alicyclic amines) is 1. The molecule has 0 saturated carbocycles. The first kappa shape index (κ1) is 14.7. The fraction of sp³-hybridized carbons (Fsp3) is 0.533. The number of hydrogen-bond acceptors (Lipinski definition) is 4. The lowest BCUT2D eigenvalue weighted by Gasteiger charge is -2.18. The maximum absolute atomic E-state index is 12.0. The van der Waals surface area contributed by atoms with Crippen LogP contribution in [0.5, 0.6) is 5.75 Å². The molecule has 1 fully saturated rings. The van der Waals surface area contributed by atoms with Gasteiger partial charge >= 0.3 is 0 Å². The van der Waals surface area contributed by atoms with E-state index < -0.39 is 0 Å². The van der Waals surface area contributed by atoms with E-state index in [1.165, 1.54) is 0 Å². The second-order valence-corrected chi connectivity index (χ2v) is 5.27. The zero-order valence-corrected chi connectivity index (χ0v) is 11.8. The number of nitrogens with two attached hydrogens (primary N) is 1. The number of hydrogen-bond donors (Lipinski definition) is 2. The molecule has 0 aliphatic carbocycles. The van der Waals surface area contributed by atoms with Gasteiger partial charge < -0.3 is 20.5 Å². The standard InChI is InChI=1S/C15H22N2O3/c1-11(18)12-6-8-17(10-12)15(19)7-9-20-14-5-3-2-4-13(14)16/h2-5,11-12,18H,6-10,16H2,1H3. The number of amides is 1. The number of carbonyl (C=O) groups is 1. The second-order valence-electron chi connectivity index (χ2n) is 5.27. The van der Waals surface area contributed by atoms with Crippen molar-refractivity contribution in [3.63, 3.8) is 0 Å². The third-order valence-corrected chi connectivity index (χ3v) is 3.75. The largest absolute Gasteiger partial charge is 0.491 e. The third kappa shape index (κ3) is 3.63. The topological polar surface area (TPSA) is 75.8 Å². The van der Waals surface area contributed by atoms with Crippen molar-refractivity contribution >= 4 is 11.6 Å². The van der Waals surface area contributed by atoms with Crippen LogP contribution in [0.4, 0.5) is 5.69 Å². The zero-order chi connectivity index (χ0) is 14.5. The van der Waals surface area contributed by atoms with Crippen molar-refractivity contribution in [2.24, 2.45) is 5.92 Å². The van der Waals surface area contributed by atoms with Crippen LogP contribution in [0.1, 0.15) is 19.8 Å². The van der Waals surface area contributed by atoms with E-state index in [1.807, 2.05) is 12.1 Å². The molecule has 5 heteroatoms. The third-order valence-electron chi connectivity index (χ3n) is 3.75. The number of benzene rings is 1. The van der Waals surface area contributed by atoms with E-state index in [0.29, 0.717) is 31.0 Å². The van der Waals surface area contributed by atoms with Gasteiger partial charge in [0.25, 0.3) is 0 Å². The Morgan fingerprint density at radius 3 is 2.95 bits per heavy atom. The highest BCUT2D eigenvalue weighted by molar-refractivity contribution is 5.76. The zero-order valence-electron chi connectivity index (χ0n) is 11.8. The van der Waals surface area contributed by atoms with Crippen LogP contribution in [0.25, 0.3) is 0 Å². The Bertz CT molecular complexity index is 462. The molecule has 1 aliphatic heterocycles. The van der Waals surface area contributed by atoms with Gasteiger partial charge in [0.2, 0.25) is 5.91 Å². The summed E-state index contributed by atoms with van der Waals surface area (Å²) in [4.78, 5) is 13.8. The summed E-state index contributed by atoms with van der Waals surface area (Å²) in [5.74, 6) is 0.885. The second kappa shape index (κ2) is 6.61. The first-order chi connectivity index (χ1) is 9.58. The summed E-state index contributed by atoms with van der Waals surface area (Å²) in [6.07, 6.45) is 0.852. The van der Waals surface area contributed by atoms with Crippen molar-refractivity contribution in [2.75, 3.05) is 25.4 Å². The first-order valence-corrected chi connectivity index (χ1v) is 7.01. The lowest BCUT2D eigenvalue weighted by atomic mass is 10.0. The van der Waals surface area contributed by atoms with Crippen LogP contribution in [-0.4, -0.2) is 41.7 Å². The molecule has 110 valence electrons. The molecule has 20 heavy (non-hydrogen) atoms. The van der Waals surface area contributed by atoms with E-state index in [9.17, 15) is 9.90 Å². The predicted octanol–water partition coefficient (Wildman–Crippen LogP) is 1.27. The van der Waals surface area contributed by atoms with Crippen LogP contribution in [-0.2, 0) is 4.79 Å². The van der Waals surface area contributed by atoms with Crippen LogP contribution in [0.3, 0.4) is 0 Å². The number of para-hydroxylation sites is 2. The lowest BCUT2D eigenvalue weighted by molar-refractivity contribution is -0.130. The van der Waals surface area contributed by atoms with Gasteiger partial charge in [-0.2, -0.15) is 0 Å². The highest BCUT2D eigenvalue weighted by atomic mass is 16.5. The number of ether oxygens (including phenoxy) is 1. The summed E-state index contributed by atoms with van der Waals surface area (Å²) in [6.45, 7) is 3.47. The fourth-order valence-electron chi connectivity index (χ4n) is 2.43. The van der Waals surface area contributed by atoms with E-state index in [2.05, 4.69) is 0 Å². The fourth-order valence-corrected chi connectivity index (χ4v) is 2.43. The first-order valence-electron chi connectivity index (χ1n) is 7.01. The average Bonchev–Trinajstić information content (AvgIpc) is 2.91.